The highest BCUT2D eigenvalue weighted by Crippen LogP contribution is 2.21. The van der Waals surface area contributed by atoms with Gasteiger partial charge in [-0.05, 0) is 41.0 Å². The molecule has 2 aliphatic rings. The van der Waals surface area contributed by atoms with Gasteiger partial charge >= 0.3 is 0 Å². The van der Waals surface area contributed by atoms with Crippen LogP contribution in [0.2, 0.25) is 0 Å². The van der Waals surface area contributed by atoms with Crippen LogP contribution in [0.25, 0.3) is 0 Å². The monoisotopic (exact) mass is 452 g/mol. The standard InChI is InChI=1S/C25H29FN4O3/c26-22-3-1-2-19(14-22)16-27-24(31)15-20-17-28-25(29-18-20)21-4-6-23(7-5-21)33-13-10-30-8-11-32-12-9-30/h1-7,14,17-18,25,28H,8-13,15-16H2,(H,27,31). The van der Waals surface area contributed by atoms with E-state index in [0.717, 1.165) is 55.3 Å². The lowest BCUT2D eigenvalue weighted by Crippen LogP contribution is -2.38. The van der Waals surface area contributed by atoms with Crippen molar-refractivity contribution in [3.8, 4) is 5.75 Å². The first-order valence-electron chi connectivity index (χ1n) is 11.2. The molecule has 8 heteroatoms. The number of carbonyl (C=O) groups is 1. The second kappa shape index (κ2) is 11.6. The van der Waals surface area contributed by atoms with Gasteiger partial charge in [0.15, 0.2) is 0 Å². The minimum atomic E-state index is -0.313. The van der Waals surface area contributed by atoms with E-state index >= 15 is 0 Å². The van der Waals surface area contributed by atoms with Gasteiger partial charge in [-0.25, -0.2) is 4.39 Å². The number of halogens is 1. The molecule has 1 unspecified atom stereocenters. The minimum absolute atomic E-state index is 0.143. The second-order valence-electron chi connectivity index (χ2n) is 8.02. The first-order valence-corrected chi connectivity index (χ1v) is 11.2. The summed E-state index contributed by atoms with van der Waals surface area (Å²) in [5.41, 5.74) is 2.52. The number of morpholine rings is 1. The molecule has 0 radical (unpaired) electrons. The van der Waals surface area contributed by atoms with E-state index in [1.54, 1.807) is 18.3 Å². The van der Waals surface area contributed by atoms with Gasteiger partial charge in [0.2, 0.25) is 5.91 Å². The number of hydrogen-bond donors (Lipinski definition) is 2. The van der Waals surface area contributed by atoms with Crippen molar-refractivity contribution in [1.29, 1.82) is 0 Å². The van der Waals surface area contributed by atoms with Gasteiger partial charge < -0.3 is 20.1 Å². The van der Waals surface area contributed by atoms with E-state index in [0.29, 0.717) is 6.61 Å². The normalized spacial score (nSPS) is 18.3. The van der Waals surface area contributed by atoms with Gasteiger partial charge in [0, 0.05) is 38.6 Å². The molecule has 33 heavy (non-hydrogen) atoms. The molecule has 1 fully saturated rings. The van der Waals surface area contributed by atoms with Crippen LogP contribution in [0.4, 0.5) is 4.39 Å². The highest BCUT2D eigenvalue weighted by molar-refractivity contribution is 5.89. The van der Waals surface area contributed by atoms with E-state index in [1.165, 1.54) is 12.1 Å². The predicted octanol–water partition coefficient (Wildman–Crippen LogP) is 2.80. The van der Waals surface area contributed by atoms with Crippen molar-refractivity contribution in [1.82, 2.24) is 15.5 Å². The Morgan fingerprint density at radius 1 is 1.21 bits per heavy atom. The molecule has 1 amide bonds. The average Bonchev–Trinajstić information content (AvgIpc) is 2.85. The first kappa shape index (κ1) is 22.9. The minimum Gasteiger partial charge on any atom is -0.492 e. The van der Waals surface area contributed by atoms with Gasteiger partial charge in [0.1, 0.15) is 24.3 Å². The van der Waals surface area contributed by atoms with Crippen LogP contribution in [-0.2, 0) is 16.1 Å². The molecule has 0 aromatic heterocycles. The Labute approximate surface area is 193 Å². The zero-order valence-corrected chi connectivity index (χ0v) is 18.5. The molecule has 1 saturated heterocycles. The van der Waals surface area contributed by atoms with Crippen LogP contribution in [0.5, 0.6) is 5.75 Å². The van der Waals surface area contributed by atoms with Gasteiger partial charge in [-0.15, -0.1) is 0 Å². The molecule has 1 atom stereocenters. The molecular formula is C25H29FN4O3. The number of nitrogens with one attached hydrogen (secondary N) is 2. The summed E-state index contributed by atoms with van der Waals surface area (Å²) in [4.78, 5) is 19.0. The average molecular weight is 453 g/mol. The Hall–Kier alpha value is -3.23. The van der Waals surface area contributed by atoms with Gasteiger partial charge in [0.05, 0.1) is 19.6 Å². The largest absolute Gasteiger partial charge is 0.492 e. The first-order chi connectivity index (χ1) is 16.2. The Balaban J connectivity index is 1.19. The van der Waals surface area contributed by atoms with E-state index in [1.807, 2.05) is 30.5 Å². The Kier molecular flexibility index (Phi) is 8.05. The van der Waals surface area contributed by atoms with Crippen molar-refractivity contribution in [2.45, 2.75) is 19.1 Å². The van der Waals surface area contributed by atoms with Crippen molar-refractivity contribution in [2.24, 2.45) is 4.99 Å². The summed E-state index contributed by atoms with van der Waals surface area (Å²) in [7, 11) is 0. The SMILES string of the molecule is O=C(CC1=CNC(c2ccc(OCCN3CCOCC3)cc2)N=C1)NCc1cccc(F)c1. The number of carbonyl (C=O) groups excluding carboxylic acids is 1. The molecule has 7 nitrogen and oxygen atoms in total. The molecule has 0 saturated carbocycles. The van der Waals surface area contributed by atoms with Crippen LogP contribution in [0.15, 0.2) is 65.3 Å². The summed E-state index contributed by atoms with van der Waals surface area (Å²) in [5.74, 6) is 0.375. The molecule has 2 aliphatic heterocycles. The molecule has 2 N–H and O–H groups in total. The summed E-state index contributed by atoms with van der Waals surface area (Å²) >= 11 is 0. The van der Waals surface area contributed by atoms with E-state index in [9.17, 15) is 9.18 Å². The zero-order valence-electron chi connectivity index (χ0n) is 18.5. The summed E-state index contributed by atoms with van der Waals surface area (Å²) in [6, 6.07) is 14.1. The third-order valence-electron chi connectivity index (χ3n) is 5.54. The van der Waals surface area contributed by atoms with Crippen LogP contribution < -0.4 is 15.4 Å². The Morgan fingerprint density at radius 3 is 2.76 bits per heavy atom. The summed E-state index contributed by atoms with van der Waals surface area (Å²) < 4.78 is 24.4. The number of nitrogens with zero attached hydrogens (tertiary/aromatic N) is 2. The molecule has 4 rings (SSSR count). The van der Waals surface area contributed by atoms with E-state index in [-0.39, 0.29) is 30.9 Å². The van der Waals surface area contributed by atoms with Crippen molar-refractivity contribution in [3.63, 3.8) is 0 Å². The maximum Gasteiger partial charge on any atom is 0.224 e. The maximum atomic E-state index is 13.2. The number of aliphatic imine (C=N–C) groups is 1. The van der Waals surface area contributed by atoms with Crippen LogP contribution in [0.3, 0.4) is 0 Å². The van der Waals surface area contributed by atoms with Crippen molar-refractivity contribution in [3.05, 3.63) is 77.2 Å². The van der Waals surface area contributed by atoms with Crippen molar-refractivity contribution >= 4 is 12.1 Å². The predicted molar refractivity (Wildman–Crippen MR) is 125 cm³/mol. The quantitative estimate of drug-likeness (QED) is 0.612. The van der Waals surface area contributed by atoms with Gasteiger partial charge in [-0.3, -0.25) is 14.7 Å². The molecule has 2 aromatic carbocycles. The molecule has 174 valence electrons. The fourth-order valence-electron chi connectivity index (χ4n) is 3.67. The van der Waals surface area contributed by atoms with Crippen LogP contribution in [-0.4, -0.2) is 56.5 Å². The summed E-state index contributed by atoms with van der Waals surface area (Å²) in [6.07, 6.45) is 3.53. The molecular weight excluding hydrogens is 423 g/mol. The van der Waals surface area contributed by atoms with Gasteiger partial charge in [-0.2, -0.15) is 0 Å². The highest BCUT2D eigenvalue weighted by Gasteiger charge is 2.14. The van der Waals surface area contributed by atoms with Crippen molar-refractivity contribution < 1.29 is 18.7 Å². The number of ether oxygens (including phenoxy) is 2. The third-order valence-corrected chi connectivity index (χ3v) is 5.54. The lowest BCUT2D eigenvalue weighted by molar-refractivity contribution is -0.120. The van der Waals surface area contributed by atoms with E-state index in [4.69, 9.17) is 9.47 Å². The van der Waals surface area contributed by atoms with E-state index < -0.39 is 0 Å². The number of amides is 1. The number of hydrogen-bond acceptors (Lipinski definition) is 6. The second-order valence-corrected chi connectivity index (χ2v) is 8.02. The zero-order chi connectivity index (χ0) is 22.9. The lowest BCUT2D eigenvalue weighted by atomic mass is 10.1. The smallest absolute Gasteiger partial charge is 0.224 e. The Bertz CT molecular complexity index is 987. The molecule has 2 aromatic rings. The van der Waals surface area contributed by atoms with Crippen LogP contribution in [0, 0.1) is 5.82 Å². The molecule has 0 bridgehead atoms. The number of benzene rings is 2. The van der Waals surface area contributed by atoms with Crippen molar-refractivity contribution in [2.75, 3.05) is 39.5 Å². The third kappa shape index (κ3) is 7.13. The molecule has 2 heterocycles. The van der Waals surface area contributed by atoms with Gasteiger partial charge in [0.25, 0.3) is 0 Å². The molecule has 0 aliphatic carbocycles. The lowest BCUT2D eigenvalue weighted by Gasteiger charge is -2.26. The maximum absolute atomic E-state index is 13.2. The molecule has 0 spiro atoms. The van der Waals surface area contributed by atoms with Gasteiger partial charge in [-0.1, -0.05) is 24.3 Å². The van der Waals surface area contributed by atoms with Crippen LogP contribution >= 0.6 is 0 Å². The number of rotatable bonds is 9. The highest BCUT2D eigenvalue weighted by atomic mass is 19.1. The van der Waals surface area contributed by atoms with E-state index in [2.05, 4.69) is 20.5 Å². The topological polar surface area (TPSA) is 75.2 Å². The summed E-state index contributed by atoms with van der Waals surface area (Å²) in [6.45, 7) is 5.32. The Morgan fingerprint density at radius 2 is 2.03 bits per heavy atom. The summed E-state index contributed by atoms with van der Waals surface area (Å²) in [5, 5.41) is 6.03. The van der Waals surface area contributed by atoms with Crippen LogP contribution in [0.1, 0.15) is 23.7 Å². The fourth-order valence-corrected chi connectivity index (χ4v) is 3.67. The fraction of sp³-hybridized carbons (Fsp3) is 0.360.